The number of aromatic amines is 1. The molecule has 0 radical (unpaired) electrons. The second-order valence-electron chi connectivity index (χ2n) is 7.64. The van der Waals surface area contributed by atoms with Crippen LogP contribution in [0.2, 0.25) is 0 Å². The number of hydrogen-bond donors (Lipinski definition) is 3. The fourth-order valence-corrected chi connectivity index (χ4v) is 3.87. The van der Waals surface area contributed by atoms with Crippen molar-refractivity contribution in [2.75, 3.05) is 13.1 Å². The van der Waals surface area contributed by atoms with Gasteiger partial charge in [0.15, 0.2) is 5.96 Å². The molecule has 0 aliphatic carbocycles. The average Bonchev–Trinajstić information content (AvgIpc) is 3.40. The number of nitrogens with zero attached hydrogens (tertiary/aromatic N) is 3. The normalized spacial score (nSPS) is 11.7. The molecule has 4 rings (SSSR count). The van der Waals surface area contributed by atoms with Crippen molar-refractivity contribution in [2.24, 2.45) is 4.99 Å². The average molecular weight is 415 g/mol. The highest BCUT2D eigenvalue weighted by Crippen LogP contribution is 2.22. The third-order valence-corrected chi connectivity index (χ3v) is 5.40. The van der Waals surface area contributed by atoms with Crippen molar-refractivity contribution in [3.8, 4) is 0 Å². The Bertz CT molecular complexity index is 1140. The minimum atomic E-state index is 0.529. The van der Waals surface area contributed by atoms with Crippen molar-refractivity contribution in [3.05, 3.63) is 89.6 Å². The van der Waals surface area contributed by atoms with E-state index in [2.05, 4.69) is 87.7 Å². The zero-order valence-corrected chi connectivity index (χ0v) is 18.2. The first-order chi connectivity index (χ1) is 15.2. The zero-order valence-electron chi connectivity index (χ0n) is 18.2. The van der Waals surface area contributed by atoms with Gasteiger partial charge in [0.25, 0.3) is 0 Å². The molecule has 0 saturated carbocycles. The summed E-state index contributed by atoms with van der Waals surface area (Å²) in [4.78, 5) is 12.6. The van der Waals surface area contributed by atoms with Crippen LogP contribution in [0.25, 0.3) is 10.9 Å². The van der Waals surface area contributed by atoms with Crippen LogP contribution in [0.4, 0.5) is 0 Å². The van der Waals surface area contributed by atoms with E-state index in [1.807, 2.05) is 18.5 Å². The number of aromatic nitrogens is 3. The molecular formula is C25H30N6. The largest absolute Gasteiger partial charge is 0.361 e. The molecule has 0 unspecified atom stereocenters. The number of guanidine groups is 1. The van der Waals surface area contributed by atoms with Gasteiger partial charge >= 0.3 is 0 Å². The first kappa shape index (κ1) is 20.7. The van der Waals surface area contributed by atoms with Crippen LogP contribution in [-0.4, -0.2) is 33.6 Å². The monoisotopic (exact) mass is 414 g/mol. The third kappa shape index (κ3) is 5.15. The Labute approximate surface area is 183 Å². The number of fused-ring (bicyclic) bond motifs is 1. The molecule has 0 aliphatic heterocycles. The predicted octanol–water partition coefficient (Wildman–Crippen LogP) is 4.02. The number of aryl methyl sites for hydroxylation is 1. The van der Waals surface area contributed by atoms with E-state index in [4.69, 9.17) is 4.99 Å². The summed E-state index contributed by atoms with van der Waals surface area (Å²) in [6.45, 7) is 7.20. The van der Waals surface area contributed by atoms with Crippen LogP contribution in [0.1, 0.15) is 29.4 Å². The number of rotatable bonds is 8. The molecule has 2 heterocycles. The quantitative estimate of drug-likeness (QED) is 0.301. The fraction of sp³-hybridized carbons (Fsp3) is 0.280. The summed E-state index contributed by atoms with van der Waals surface area (Å²) in [5.41, 5.74) is 5.08. The first-order valence-electron chi connectivity index (χ1n) is 10.9. The van der Waals surface area contributed by atoms with E-state index >= 15 is 0 Å². The zero-order chi connectivity index (χ0) is 21.5. The summed E-state index contributed by atoms with van der Waals surface area (Å²) in [6.07, 6.45) is 6.90. The predicted molar refractivity (Wildman–Crippen MR) is 127 cm³/mol. The van der Waals surface area contributed by atoms with Crippen molar-refractivity contribution >= 4 is 16.9 Å². The van der Waals surface area contributed by atoms with Crippen molar-refractivity contribution in [1.82, 2.24) is 25.2 Å². The molecule has 0 atom stereocenters. The Morgan fingerprint density at radius 3 is 2.81 bits per heavy atom. The second kappa shape index (κ2) is 9.98. The molecule has 6 nitrogen and oxygen atoms in total. The highest BCUT2D eigenvalue weighted by molar-refractivity contribution is 5.86. The lowest BCUT2D eigenvalue weighted by atomic mass is 10.1. The van der Waals surface area contributed by atoms with Crippen molar-refractivity contribution in [1.29, 1.82) is 0 Å². The van der Waals surface area contributed by atoms with Crippen molar-refractivity contribution in [3.63, 3.8) is 0 Å². The molecular weight excluding hydrogens is 384 g/mol. The van der Waals surface area contributed by atoms with Gasteiger partial charge in [-0.3, -0.25) is 0 Å². The highest BCUT2D eigenvalue weighted by Gasteiger charge is 2.07. The summed E-state index contributed by atoms with van der Waals surface area (Å²) in [5, 5.41) is 8.13. The second-order valence-corrected chi connectivity index (χ2v) is 7.64. The molecule has 0 aliphatic rings. The summed E-state index contributed by atoms with van der Waals surface area (Å²) in [5.74, 6) is 1.77. The molecule has 0 spiro atoms. The van der Waals surface area contributed by atoms with Gasteiger partial charge in [0.2, 0.25) is 0 Å². The lowest BCUT2D eigenvalue weighted by Crippen LogP contribution is -2.38. The third-order valence-electron chi connectivity index (χ3n) is 5.40. The Morgan fingerprint density at radius 2 is 1.97 bits per heavy atom. The van der Waals surface area contributed by atoms with E-state index in [0.29, 0.717) is 6.54 Å². The molecule has 0 bridgehead atoms. The summed E-state index contributed by atoms with van der Waals surface area (Å²) in [7, 11) is 0. The maximum atomic E-state index is 4.76. The number of H-pyrrole nitrogens is 1. The fourth-order valence-electron chi connectivity index (χ4n) is 3.87. The van der Waals surface area contributed by atoms with Crippen molar-refractivity contribution < 1.29 is 0 Å². The van der Waals surface area contributed by atoms with Crippen LogP contribution >= 0.6 is 0 Å². The van der Waals surface area contributed by atoms with E-state index in [0.717, 1.165) is 37.8 Å². The SMILES string of the molecule is CCNC(=NCc1nccn1Cc1ccccc1)NCCc1c[nH]c2cccc(C)c12. The first-order valence-corrected chi connectivity index (χ1v) is 10.9. The van der Waals surface area contributed by atoms with Gasteiger partial charge in [-0.25, -0.2) is 9.98 Å². The molecule has 4 aromatic rings. The minimum absolute atomic E-state index is 0.529. The Hall–Kier alpha value is -3.54. The van der Waals surface area contributed by atoms with Crippen molar-refractivity contribution in [2.45, 2.75) is 33.4 Å². The van der Waals surface area contributed by atoms with Crippen LogP contribution in [0.5, 0.6) is 0 Å². The Kier molecular flexibility index (Phi) is 6.67. The number of aliphatic imine (C=N–C) groups is 1. The molecule has 6 heteroatoms. The number of hydrogen-bond acceptors (Lipinski definition) is 2. The van der Waals surface area contributed by atoms with Gasteiger partial charge in [0, 0.05) is 49.1 Å². The van der Waals surface area contributed by atoms with Crippen LogP contribution in [0.3, 0.4) is 0 Å². The molecule has 0 saturated heterocycles. The highest BCUT2D eigenvalue weighted by atomic mass is 15.2. The van der Waals surface area contributed by atoms with Gasteiger partial charge in [0.05, 0.1) is 0 Å². The lowest BCUT2D eigenvalue weighted by Gasteiger charge is -2.12. The van der Waals surface area contributed by atoms with E-state index in [-0.39, 0.29) is 0 Å². The van der Waals surface area contributed by atoms with Crippen LogP contribution < -0.4 is 10.6 Å². The van der Waals surface area contributed by atoms with Crippen LogP contribution in [0, 0.1) is 6.92 Å². The smallest absolute Gasteiger partial charge is 0.191 e. The molecule has 31 heavy (non-hydrogen) atoms. The van der Waals surface area contributed by atoms with E-state index < -0.39 is 0 Å². The molecule has 0 amide bonds. The summed E-state index contributed by atoms with van der Waals surface area (Å²) >= 11 is 0. The van der Waals surface area contributed by atoms with Crippen LogP contribution in [0.15, 0.2) is 72.1 Å². The van der Waals surface area contributed by atoms with Gasteiger partial charge in [-0.2, -0.15) is 0 Å². The van der Waals surface area contributed by atoms with Crippen LogP contribution in [-0.2, 0) is 19.5 Å². The maximum absolute atomic E-state index is 4.76. The number of nitrogens with one attached hydrogen (secondary N) is 3. The summed E-state index contributed by atoms with van der Waals surface area (Å²) < 4.78 is 2.15. The Morgan fingerprint density at radius 1 is 1.10 bits per heavy atom. The molecule has 160 valence electrons. The molecule has 0 fully saturated rings. The summed E-state index contributed by atoms with van der Waals surface area (Å²) in [6, 6.07) is 16.8. The minimum Gasteiger partial charge on any atom is -0.361 e. The topological polar surface area (TPSA) is 70.0 Å². The molecule has 3 N–H and O–H groups in total. The standard InChI is InChI=1S/C25H30N6/c1-3-26-25(28-13-12-21-16-29-22-11-7-8-19(2)24(21)22)30-17-23-27-14-15-31(23)18-20-9-5-4-6-10-20/h4-11,14-16,29H,3,12-13,17-18H2,1-2H3,(H2,26,28,30). The maximum Gasteiger partial charge on any atom is 0.191 e. The van der Waals surface area contributed by atoms with Gasteiger partial charge in [-0.15, -0.1) is 0 Å². The molecule has 2 aromatic carbocycles. The van der Waals surface area contributed by atoms with Gasteiger partial charge in [-0.05, 0) is 43.0 Å². The lowest BCUT2D eigenvalue weighted by molar-refractivity contribution is 0.716. The van der Waals surface area contributed by atoms with E-state index in [1.54, 1.807) is 0 Å². The number of benzene rings is 2. The number of imidazole rings is 1. The van der Waals surface area contributed by atoms with Gasteiger partial charge in [-0.1, -0.05) is 42.5 Å². The van der Waals surface area contributed by atoms with Gasteiger partial charge in [0.1, 0.15) is 12.4 Å². The Balaban J connectivity index is 1.38. The van der Waals surface area contributed by atoms with E-state index in [9.17, 15) is 0 Å². The van der Waals surface area contributed by atoms with E-state index in [1.165, 1.54) is 27.6 Å². The van der Waals surface area contributed by atoms with Gasteiger partial charge < -0.3 is 20.2 Å². The molecule has 2 aromatic heterocycles.